The minimum Gasteiger partial charge on any atom is -0.456 e. The first-order valence-corrected chi connectivity index (χ1v) is 17.7. The maximum atomic E-state index is 6.29. The number of nitrogens with zero attached hydrogens (tertiary/aromatic N) is 1. The molecule has 0 radical (unpaired) electrons. The third-order valence-electron chi connectivity index (χ3n) is 10.2. The van der Waals surface area contributed by atoms with Crippen molar-refractivity contribution in [2.75, 3.05) is 4.90 Å². The van der Waals surface area contributed by atoms with E-state index in [1.807, 2.05) is 12.1 Å². The maximum absolute atomic E-state index is 6.29. The Balaban J connectivity index is 1.07. The Morgan fingerprint density at radius 1 is 0.288 bits per heavy atom. The van der Waals surface area contributed by atoms with Crippen molar-refractivity contribution in [3.63, 3.8) is 0 Å². The summed E-state index contributed by atoms with van der Waals surface area (Å²) in [6, 6.07) is 71.8. The van der Waals surface area contributed by atoms with E-state index in [2.05, 4.69) is 193 Å². The quantitative estimate of drug-likeness (QED) is 0.176. The summed E-state index contributed by atoms with van der Waals surface area (Å²) in [7, 11) is 0. The molecule has 0 spiro atoms. The topological polar surface area (TPSA) is 16.4 Å². The molecule has 0 saturated heterocycles. The molecule has 0 aliphatic rings. The van der Waals surface area contributed by atoms with Crippen molar-refractivity contribution in [3.8, 4) is 33.4 Å². The van der Waals surface area contributed by atoms with Gasteiger partial charge in [-0.15, -0.1) is 0 Å². The second-order valence-corrected chi connectivity index (χ2v) is 13.4. The molecule has 0 atom stereocenters. The van der Waals surface area contributed by atoms with Gasteiger partial charge in [-0.25, -0.2) is 0 Å². The van der Waals surface area contributed by atoms with Gasteiger partial charge in [0.2, 0.25) is 0 Å². The van der Waals surface area contributed by atoms with Crippen LogP contribution in [0.4, 0.5) is 17.1 Å². The molecule has 0 unspecified atom stereocenters. The highest BCUT2D eigenvalue weighted by molar-refractivity contribution is 6.12. The number of hydrogen-bond acceptors (Lipinski definition) is 2. The number of rotatable bonds is 6. The van der Waals surface area contributed by atoms with E-state index >= 15 is 0 Å². The van der Waals surface area contributed by atoms with E-state index in [1.54, 1.807) is 0 Å². The first-order valence-electron chi connectivity index (χ1n) is 17.7. The Hall–Kier alpha value is -6.90. The number of hydrogen-bond donors (Lipinski definition) is 0. The monoisotopic (exact) mass is 663 g/mol. The SMILES string of the molecule is c1ccc(-c2ccc(N(c3ccc(-c4cccc5cc6c(cc45)oc4ccccc46)cc3)c3cccc(-c4ccc5ccccc5c4)c3)cc2)cc1. The third-order valence-corrected chi connectivity index (χ3v) is 10.2. The first-order chi connectivity index (χ1) is 25.7. The summed E-state index contributed by atoms with van der Waals surface area (Å²) in [6.45, 7) is 0. The van der Waals surface area contributed by atoms with Crippen LogP contribution in [0.25, 0.3) is 76.9 Å². The summed E-state index contributed by atoms with van der Waals surface area (Å²) in [5.74, 6) is 0. The lowest BCUT2D eigenvalue weighted by Gasteiger charge is -2.26. The molecule has 0 aliphatic carbocycles. The summed E-state index contributed by atoms with van der Waals surface area (Å²) in [4.78, 5) is 2.35. The Kier molecular flexibility index (Phi) is 7.18. The zero-order chi connectivity index (χ0) is 34.4. The fourth-order valence-corrected chi connectivity index (χ4v) is 7.61. The van der Waals surface area contributed by atoms with Crippen molar-refractivity contribution in [2.24, 2.45) is 0 Å². The number of benzene rings is 9. The zero-order valence-electron chi connectivity index (χ0n) is 28.4. The van der Waals surface area contributed by atoms with Gasteiger partial charge in [0, 0.05) is 27.8 Å². The van der Waals surface area contributed by atoms with Gasteiger partial charge in [0.1, 0.15) is 11.2 Å². The number of anilines is 3. The van der Waals surface area contributed by atoms with E-state index in [1.165, 1.54) is 49.4 Å². The predicted molar refractivity (Wildman–Crippen MR) is 220 cm³/mol. The molecule has 0 bridgehead atoms. The highest BCUT2D eigenvalue weighted by Gasteiger charge is 2.16. The van der Waals surface area contributed by atoms with Gasteiger partial charge >= 0.3 is 0 Å². The summed E-state index contributed by atoms with van der Waals surface area (Å²) in [5.41, 5.74) is 12.2. The van der Waals surface area contributed by atoms with E-state index < -0.39 is 0 Å². The van der Waals surface area contributed by atoms with Crippen molar-refractivity contribution in [3.05, 3.63) is 200 Å². The summed E-state index contributed by atoms with van der Waals surface area (Å²) in [5, 5.41) is 7.16. The van der Waals surface area contributed by atoms with Gasteiger partial charge in [0.05, 0.1) is 0 Å². The lowest BCUT2D eigenvalue weighted by atomic mass is 9.96. The normalized spacial score (nSPS) is 11.5. The van der Waals surface area contributed by atoms with Crippen LogP contribution in [0, 0.1) is 0 Å². The highest BCUT2D eigenvalue weighted by atomic mass is 16.3. The molecule has 0 saturated carbocycles. The Morgan fingerprint density at radius 2 is 0.904 bits per heavy atom. The van der Waals surface area contributed by atoms with Crippen LogP contribution in [-0.4, -0.2) is 0 Å². The number of fused-ring (bicyclic) bond motifs is 5. The lowest BCUT2D eigenvalue weighted by Crippen LogP contribution is -2.10. The molecule has 1 heterocycles. The van der Waals surface area contributed by atoms with Crippen LogP contribution in [0.1, 0.15) is 0 Å². The largest absolute Gasteiger partial charge is 0.456 e. The van der Waals surface area contributed by atoms with Crippen LogP contribution in [0.5, 0.6) is 0 Å². The molecule has 0 fully saturated rings. The molecule has 10 rings (SSSR count). The molecular weight excluding hydrogens is 631 g/mol. The minimum atomic E-state index is 0.911. The van der Waals surface area contributed by atoms with Gasteiger partial charge in [-0.05, 0) is 116 Å². The molecule has 0 amide bonds. The molecule has 1 aromatic heterocycles. The van der Waals surface area contributed by atoms with E-state index in [-0.39, 0.29) is 0 Å². The molecule has 0 aliphatic heterocycles. The molecule has 9 aromatic carbocycles. The van der Waals surface area contributed by atoms with Gasteiger partial charge in [0.15, 0.2) is 0 Å². The van der Waals surface area contributed by atoms with Gasteiger partial charge in [-0.3, -0.25) is 0 Å². The van der Waals surface area contributed by atoms with Crippen molar-refractivity contribution < 1.29 is 4.42 Å². The Morgan fingerprint density at radius 3 is 1.73 bits per heavy atom. The lowest BCUT2D eigenvalue weighted by molar-refractivity contribution is 0.669. The molecule has 0 N–H and O–H groups in total. The molecular formula is C50H33NO. The average Bonchev–Trinajstić information content (AvgIpc) is 3.58. The van der Waals surface area contributed by atoms with Crippen LogP contribution in [0.3, 0.4) is 0 Å². The maximum Gasteiger partial charge on any atom is 0.136 e. The first kappa shape index (κ1) is 30.0. The zero-order valence-corrected chi connectivity index (χ0v) is 28.4. The summed E-state index contributed by atoms with van der Waals surface area (Å²) >= 11 is 0. The number of para-hydroxylation sites is 1. The Labute approximate surface area is 302 Å². The van der Waals surface area contributed by atoms with Crippen molar-refractivity contribution in [1.82, 2.24) is 0 Å². The van der Waals surface area contributed by atoms with Crippen molar-refractivity contribution in [2.45, 2.75) is 0 Å². The number of furan rings is 1. The second-order valence-electron chi connectivity index (χ2n) is 13.4. The van der Waals surface area contributed by atoms with Crippen LogP contribution in [0.2, 0.25) is 0 Å². The minimum absolute atomic E-state index is 0.911. The van der Waals surface area contributed by atoms with E-state index in [4.69, 9.17) is 4.42 Å². The molecule has 2 nitrogen and oxygen atoms in total. The Bertz CT molecular complexity index is 2890. The molecule has 52 heavy (non-hydrogen) atoms. The second kappa shape index (κ2) is 12.5. The standard InChI is InChI=1S/C50H33NO/c1-2-10-34(11-3-1)36-22-26-42(27-23-36)51(44-16-8-14-39(31-44)40-21-20-35-12-4-5-13-38(35)30-40)43-28-24-37(25-29-43)45-18-9-15-41-32-48-46-17-6-7-19-49(46)52-50(48)33-47(41)45/h1-33H. The van der Waals surface area contributed by atoms with E-state index in [0.29, 0.717) is 0 Å². The molecule has 2 heteroatoms. The van der Waals surface area contributed by atoms with Crippen LogP contribution in [-0.2, 0) is 0 Å². The third kappa shape index (κ3) is 5.30. The summed E-state index contributed by atoms with van der Waals surface area (Å²) in [6.07, 6.45) is 0. The van der Waals surface area contributed by atoms with Gasteiger partial charge < -0.3 is 9.32 Å². The average molecular weight is 664 g/mol. The van der Waals surface area contributed by atoms with Crippen molar-refractivity contribution >= 4 is 60.5 Å². The van der Waals surface area contributed by atoms with Crippen LogP contribution < -0.4 is 4.90 Å². The van der Waals surface area contributed by atoms with Gasteiger partial charge in [0.25, 0.3) is 0 Å². The van der Waals surface area contributed by atoms with Crippen LogP contribution in [0.15, 0.2) is 205 Å². The van der Waals surface area contributed by atoms with Gasteiger partial charge in [-0.2, -0.15) is 0 Å². The highest BCUT2D eigenvalue weighted by Crippen LogP contribution is 2.40. The van der Waals surface area contributed by atoms with E-state index in [9.17, 15) is 0 Å². The van der Waals surface area contributed by atoms with Crippen LogP contribution >= 0.6 is 0 Å². The van der Waals surface area contributed by atoms with E-state index in [0.717, 1.165) is 44.6 Å². The van der Waals surface area contributed by atoms with Gasteiger partial charge in [-0.1, -0.05) is 140 Å². The van der Waals surface area contributed by atoms with Crippen molar-refractivity contribution in [1.29, 1.82) is 0 Å². The fourth-order valence-electron chi connectivity index (χ4n) is 7.61. The smallest absolute Gasteiger partial charge is 0.136 e. The predicted octanol–water partition coefficient (Wildman–Crippen LogP) is 14.4. The molecule has 10 aromatic rings. The summed E-state index contributed by atoms with van der Waals surface area (Å²) < 4.78 is 6.29. The molecule has 244 valence electrons. The fraction of sp³-hybridized carbons (Fsp3) is 0.